The molecule has 4 aromatic rings. The van der Waals surface area contributed by atoms with Crippen LogP contribution in [0.3, 0.4) is 0 Å². The number of nitrogens with zero attached hydrogens (tertiary/aromatic N) is 2. The number of rotatable bonds is 6. The average molecular weight is 467 g/mol. The molecule has 0 aliphatic heterocycles. The molecule has 0 spiro atoms. The molecule has 1 heterocycles. The molecule has 1 unspecified atom stereocenters. The number of fused-ring (bicyclic) bond motifs is 3. The van der Waals surface area contributed by atoms with Gasteiger partial charge < -0.3 is 9.77 Å². The minimum atomic E-state index is -0.343. The highest BCUT2D eigenvalue weighted by molar-refractivity contribution is 8.13. The minimum absolute atomic E-state index is 0.0417. The summed E-state index contributed by atoms with van der Waals surface area (Å²) in [6.45, 7) is 4.95. The Bertz CT molecular complexity index is 1500. The molecule has 5 rings (SSSR count). The van der Waals surface area contributed by atoms with Crippen molar-refractivity contribution in [2.45, 2.75) is 31.6 Å². The summed E-state index contributed by atoms with van der Waals surface area (Å²) in [6, 6.07) is 20.3. The number of hydrogen-bond donors (Lipinski definition) is 1. The fraction of sp³-hybridized carbons (Fsp3) is 0.172. The van der Waals surface area contributed by atoms with Gasteiger partial charge >= 0.3 is 0 Å². The standard InChI is InChI=1S/C29H26N2O2S/c1-3-31-26-13-11-21(28(32)23-10-6-5-9-20(23)2)17-24(26)25-18-22(12-14-27(25)31)29(34-19-30-33)15-7-4-8-16-29/h4-15,17-19,33H,3,16H2,1-2H3. The number of allylic oxidation sites excluding steroid dienone is 3. The Labute approximate surface area is 203 Å². The topological polar surface area (TPSA) is 54.6 Å². The Morgan fingerprint density at radius 3 is 2.56 bits per heavy atom. The third-order valence-corrected chi connectivity index (χ3v) is 7.82. The van der Waals surface area contributed by atoms with Gasteiger partial charge in [-0.3, -0.25) is 4.79 Å². The lowest BCUT2D eigenvalue weighted by Crippen LogP contribution is -2.20. The molecule has 1 aromatic heterocycles. The summed E-state index contributed by atoms with van der Waals surface area (Å²) >= 11 is 1.49. The van der Waals surface area contributed by atoms with E-state index in [2.05, 4.69) is 53.1 Å². The van der Waals surface area contributed by atoms with Crippen molar-refractivity contribution in [1.82, 2.24) is 4.57 Å². The Hall–Kier alpha value is -3.57. The van der Waals surface area contributed by atoms with Crippen molar-refractivity contribution in [3.8, 4) is 0 Å². The van der Waals surface area contributed by atoms with Gasteiger partial charge in [0.1, 0.15) is 5.55 Å². The lowest BCUT2D eigenvalue weighted by molar-refractivity contribution is 0.103. The maximum Gasteiger partial charge on any atom is 0.193 e. The van der Waals surface area contributed by atoms with Gasteiger partial charge in [-0.05, 0) is 61.7 Å². The van der Waals surface area contributed by atoms with E-state index in [1.807, 2.05) is 55.5 Å². The Balaban J connectivity index is 1.70. The summed E-state index contributed by atoms with van der Waals surface area (Å²) in [4.78, 5) is 13.3. The average Bonchev–Trinajstić information content (AvgIpc) is 3.20. The maximum atomic E-state index is 13.3. The van der Waals surface area contributed by atoms with Crippen LogP contribution in [0.1, 0.15) is 40.4 Å². The maximum absolute atomic E-state index is 13.3. The van der Waals surface area contributed by atoms with Gasteiger partial charge in [-0.15, -0.1) is 0 Å². The second-order valence-electron chi connectivity index (χ2n) is 8.57. The molecule has 0 saturated heterocycles. The van der Waals surface area contributed by atoms with E-state index in [4.69, 9.17) is 5.21 Å². The first kappa shape index (κ1) is 22.2. The van der Waals surface area contributed by atoms with Crippen LogP contribution in [0.15, 0.2) is 90.1 Å². The summed E-state index contributed by atoms with van der Waals surface area (Å²) in [6.07, 6.45) is 9.18. The van der Waals surface area contributed by atoms with Gasteiger partial charge in [-0.2, -0.15) is 0 Å². The van der Waals surface area contributed by atoms with Crippen LogP contribution < -0.4 is 0 Å². The van der Waals surface area contributed by atoms with Crippen molar-refractivity contribution in [2.75, 3.05) is 0 Å². The molecule has 1 atom stereocenters. The highest BCUT2D eigenvalue weighted by Gasteiger charge is 2.30. The van der Waals surface area contributed by atoms with Gasteiger partial charge in [0.25, 0.3) is 0 Å². The number of carbonyl (C=O) groups excluding carboxylic acids is 1. The summed E-state index contributed by atoms with van der Waals surface area (Å²) in [7, 11) is 0. The van der Waals surface area contributed by atoms with Gasteiger partial charge in [-0.25, -0.2) is 0 Å². The van der Waals surface area contributed by atoms with Crippen molar-refractivity contribution >= 4 is 44.9 Å². The molecule has 0 amide bonds. The molecule has 0 radical (unpaired) electrons. The van der Waals surface area contributed by atoms with E-state index in [0.29, 0.717) is 5.56 Å². The summed E-state index contributed by atoms with van der Waals surface area (Å²) in [5.74, 6) is 0.0417. The lowest BCUT2D eigenvalue weighted by Gasteiger charge is -2.29. The summed E-state index contributed by atoms with van der Waals surface area (Å²) in [5, 5.41) is 14.5. The first-order valence-corrected chi connectivity index (χ1v) is 12.3. The van der Waals surface area contributed by atoms with Gasteiger partial charge in [-0.1, -0.05) is 71.6 Å². The lowest BCUT2D eigenvalue weighted by atomic mass is 9.90. The first-order valence-electron chi connectivity index (χ1n) is 11.4. The molecule has 0 saturated carbocycles. The van der Waals surface area contributed by atoms with Gasteiger partial charge in [0.2, 0.25) is 0 Å². The minimum Gasteiger partial charge on any atom is -0.410 e. The Morgan fingerprint density at radius 2 is 1.85 bits per heavy atom. The van der Waals surface area contributed by atoms with Crippen molar-refractivity contribution in [2.24, 2.45) is 5.16 Å². The van der Waals surface area contributed by atoms with E-state index in [0.717, 1.165) is 51.5 Å². The highest BCUT2D eigenvalue weighted by Crippen LogP contribution is 2.44. The van der Waals surface area contributed by atoms with E-state index in [1.165, 1.54) is 17.3 Å². The van der Waals surface area contributed by atoms with E-state index in [9.17, 15) is 4.79 Å². The first-order chi connectivity index (χ1) is 16.6. The molecule has 4 nitrogen and oxygen atoms in total. The zero-order valence-electron chi connectivity index (χ0n) is 19.2. The van der Waals surface area contributed by atoms with Crippen LogP contribution in [-0.2, 0) is 11.3 Å². The number of oxime groups is 1. The molecule has 5 heteroatoms. The quantitative estimate of drug-likeness (QED) is 0.107. The fourth-order valence-electron chi connectivity index (χ4n) is 4.92. The van der Waals surface area contributed by atoms with Crippen LogP contribution in [0.2, 0.25) is 0 Å². The van der Waals surface area contributed by atoms with Crippen LogP contribution in [0.5, 0.6) is 0 Å². The molecule has 1 N–H and O–H groups in total. The second kappa shape index (κ2) is 8.99. The number of thioether (sulfide) groups is 1. The predicted molar refractivity (Wildman–Crippen MR) is 142 cm³/mol. The molecule has 0 fully saturated rings. The summed E-state index contributed by atoms with van der Waals surface area (Å²) in [5.41, 5.74) is 7.30. The molecule has 3 aromatic carbocycles. The monoisotopic (exact) mass is 466 g/mol. The van der Waals surface area contributed by atoms with E-state index < -0.39 is 0 Å². The number of hydrogen-bond acceptors (Lipinski definition) is 4. The van der Waals surface area contributed by atoms with Crippen LogP contribution >= 0.6 is 11.8 Å². The number of aryl methyl sites for hydroxylation is 2. The molecule has 0 bridgehead atoms. The SMILES string of the molecule is CCn1c2ccc(C(=O)c3ccccc3C)cc2c2cc(C3(SC=NO)C=CC=CC3)ccc21. The molecular formula is C29H26N2O2S. The van der Waals surface area contributed by atoms with Crippen LogP contribution in [0, 0.1) is 6.92 Å². The molecular weight excluding hydrogens is 440 g/mol. The predicted octanol–water partition coefficient (Wildman–Crippen LogP) is 7.22. The molecule has 1 aliphatic rings. The zero-order valence-corrected chi connectivity index (χ0v) is 20.0. The van der Waals surface area contributed by atoms with Gasteiger partial charge in [0.05, 0.1) is 4.75 Å². The third-order valence-electron chi connectivity index (χ3n) is 6.67. The molecule has 34 heavy (non-hydrogen) atoms. The van der Waals surface area contributed by atoms with E-state index >= 15 is 0 Å². The largest absolute Gasteiger partial charge is 0.410 e. The molecule has 170 valence electrons. The van der Waals surface area contributed by atoms with Crippen molar-refractivity contribution in [1.29, 1.82) is 0 Å². The number of aromatic nitrogens is 1. The third kappa shape index (κ3) is 3.66. The van der Waals surface area contributed by atoms with Crippen LogP contribution in [0.25, 0.3) is 21.8 Å². The second-order valence-corrected chi connectivity index (χ2v) is 9.75. The number of ketones is 1. The number of carbonyl (C=O) groups is 1. The van der Waals surface area contributed by atoms with Crippen molar-refractivity contribution in [3.05, 3.63) is 107 Å². The molecule has 1 aliphatic carbocycles. The van der Waals surface area contributed by atoms with Crippen molar-refractivity contribution < 1.29 is 10.0 Å². The van der Waals surface area contributed by atoms with E-state index in [-0.39, 0.29) is 10.5 Å². The smallest absolute Gasteiger partial charge is 0.193 e. The van der Waals surface area contributed by atoms with Crippen LogP contribution in [0.4, 0.5) is 0 Å². The summed E-state index contributed by atoms with van der Waals surface area (Å²) < 4.78 is 1.95. The van der Waals surface area contributed by atoms with Crippen molar-refractivity contribution in [3.63, 3.8) is 0 Å². The Kier molecular flexibility index (Phi) is 5.88. The van der Waals surface area contributed by atoms with Gasteiger partial charge in [0, 0.05) is 39.5 Å². The fourth-order valence-corrected chi connectivity index (χ4v) is 5.77. The van der Waals surface area contributed by atoms with E-state index in [1.54, 1.807) is 0 Å². The van der Waals surface area contributed by atoms with Crippen LogP contribution in [-0.4, -0.2) is 21.1 Å². The number of benzene rings is 3. The normalized spacial score (nSPS) is 17.8. The zero-order chi connectivity index (χ0) is 23.7. The Morgan fingerprint density at radius 1 is 1.09 bits per heavy atom. The highest BCUT2D eigenvalue weighted by atomic mass is 32.2. The van der Waals surface area contributed by atoms with Gasteiger partial charge in [0.15, 0.2) is 5.78 Å².